The van der Waals surface area contributed by atoms with Gasteiger partial charge in [0.15, 0.2) is 0 Å². The van der Waals surface area contributed by atoms with Crippen LogP contribution >= 0.6 is 23.2 Å². The maximum atomic E-state index is 12.7. The Hall–Kier alpha value is -0.680. The first-order valence-electron chi connectivity index (χ1n) is 9.56. The van der Waals surface area contributed by atoms with Gasteiger partial charge < -0.3 is 0 Å². The van der Waals surface area contributed by atoms with Crippen molar-refractivity contribution in [1.29, 1.82) is 0 Å². The normalized spacial score (nSPS) is 18.0. The van der Waals surface area contributed by atoms with Gasteiger partial charge in [0.2, 0.25) is 0 Å². The molecule has 0 aliphatic rings. The van der Waals surface area contributed by atoms with Crippen molar-refractivity contribution < 1.29 is 8.42 Å². The van der Waals surface area contributed by atoms with Gasteiger partial charge in [-0.3, -0.25) is 8.42 Å². The predicted molar refractivity (Wildman–Crippen MR) is 122 cm³/mol. The maximum Gasteiger partial charge on any atom is 0.121 e. The van der Waals surface area contributed by atoms with E-state index in [0.717, 1.165) is 35.5 Å². The summed E-state index contributed by atoms with van der Waals surface area (Å²) in [7, 11) is -2.48. The summed E-state index contributed by atoms with van der Waals surface area (Å²) < 4.78 is 23.8. The number of hydrogen-bond donors (Lipinski definition) is 0. The molecule has 154 valence electrons. The lowest BCUT2D eigenvalue weighted by Crippen LogP contribution is -2.24. The highest BCUT2D eigenvalue weighted by Gasteiger charge is 2.30. The highest BCUT2D eigenvalue weighted by atomic mass is 35.5. The van der Waals surface area contributed by atoms with Gasteiger partial charge in [0, 0.05) is 9.79 Å². The van der Waals surface area contributed by atoms with E-state index in [1.165, 1.54) is 0 Å². The van der Waals surface area contributed by atoms with Gasteiger partial charge in [-0.05, 0) is 51.0 Å². The molecule has 6 heteroatoms. The minimum absolute atomic E-state index is 0.685. The Bertz CT molecular complexity index is 710. The van der Waals surface area contributed by atoms with Crippen LogP contribution in [0.4, 0.5) is 0 Å². The standard InChI is InChI=1S/C22H28Cl2O2S2/c1-21(23,27(25)19-13-7-5-8-14-19)17-11-3-4-12-18-22(2,24)28(26)20-15-9-6-10-16-20/h5-10,13-16H,3-4,11-12,17-18H2,1-2H3. The van der Waals surface area contributed by atoms with Crippen LogP contribution in [0.25, 0.3) is 0 Å². The monoisotopic (exact) mass is 458 g/mol. The Morgan fingerprint density at radius 2 is 0.964 bits per heavy atom. The Morgan fingerprint density at radius 1 is 0.643 bits per heavy atom. The molecule has 2 aromatic carbocycles. The topological polar surface area (TPSA) is 34.1 Å². The molecule has 2 nitrogen and oxygen atoms in total. The molecule has 0 radical (unpaired) electrons. The third-order valence-corrected chi connectivity index (χ3v) is 9.26. The van der Waals surface area contributed by atoms with Crippen molar-refractivity contribution in [1.82, 2.24) is 0 Å². The van der Waals surface area contributed by atoms with E-state index in [9.17, 15) is 8.42 Å². The van der Waals surface area contributed by atoms with Gasteiger partial charge >= 0.3 is 0 Å². The number of alkyl halides is 2. The molecule has 0 heterocycles. The van der Waals surface area contributed by atoms with Crippen molar-refractivity contribution >= 4 is 44.8 Å². The fourth-order valence-electron chi connectivity index (χ4n) is 3.00. The summed E-state index contributed by atoms with van der Waals surface area (Å²) in [5.41, 5.74) is 0. The van der Waals surface area contributed by atoms with Crippen LogP contribution in [0.15, 0.2) is 70.5 Å². The van der Waals surface area contributed by atoms with E-state index in [0.29, 0.717) is 12.8 Å². The fraction of sp³-hybridized carbons (Fsp3) is 0.455. The molecular weight excluding hydrogens is 431 g/mol. The average Bonchev–Trinajstić information content (AvgIpc) is 2.70. The molecule has 0 aliphatic carbocycles. The minimum atomic E-state index is -1.24. The summed E-state index contributed by atoms with van der Waals surface area (Å²) in [6, 6.07) is 18.7. The summed E-state index contributed by atoms with van der Waals surface area (Å²) >= 11 is 13.1. The molecule has 0 aliphatic heterocycles. The Kier molecular flexibility index (Phi) is 9.20. The van der Waals surface area contributed by atoms with Crippen LogP contribution in [0.5, 0.6) is 0 Å². The molecule has 0 saturated heterocycles. The molecule has 0 spiro atoms. The van der Waals surface area contributed by atoms with Gasteiger partial charge in [0.1, 0.15) is 8.41 Å². The Balaban J connectivity index is 1.72. The zero-order chi connectivity index (χ0) is 20.6. The van der Waals surface area contributed by atoms with E-state index in [1.807, 2.05) is 74.5 Å². The molecule has 0 aromatic heterocycles. The first-order chi connectivity index (χ1) is 13.2. The number of benzene rings is 2. The van der Waals surface area contributed by atoms with Crippen molar-refractivity contribution in [3.63, 3.8) is 0 Å². The van der Waals surface area contributed by atoms with Crippen LogP contribution in [0.3, 0.4) is 0 Å². The van der Waals surface area contributed by atoms with E-state index in [2.05, 4.69) is 0 Å². The van der Waals surface area contributed by atoms with Gasteiger partial charge in [-0.1, -0.05) is 62.1 Å². The van der Waals surface area contributed by atoms with Crippen LogP contribution < -0.4 is 0 Å². The fourth-order valence-corrected chi connectivity index (χ4v) is 6.25. The van der Waals surface area contributed by atoms with E-state index in [1.54, 1.807) is 0 Å². The smallest absolute Gasteiger partial charge is 0.121 e. The first kappa shape index (κ1) is 23.6. The molecule has 4 atom stereocenters. The number of halogens is 2. The van der Waals surface area contributed by atoms with E-state index in [4.69, 9.17) is 23.2 Å². The van der Waals surface area contributed by atoms with E-state index < -0.39 is 30.0 Å². The van der Waals surface area contributed by atoms with Gasteiger partial charge in [-0.15, -0.1) is 23.2 Å². The highest BCUT2D eigenvalue weighted by molar-refractivity contribution is 7.88. The molecule has 0 saturated carbocycles. The summed E-state index contributed by atoms with van der Waals surface area (Å²) in [6.45, 7) is 3.69. The van der Waals surface area contributed by atoms with Gasteiger partial charge in [-0.25, -0.2) is 0 Å². The highest BCUT2D eigenvalue weighted by Crippen LogP contribution is 2.33. The van der Waals surface area contributed by atoms with Crippen LogP contribution in [-0.2, 0) is 21.6 Å². The van der Waals surface area contributed by atoms with Crippen molar-refractivity contribution in [3.05, 3.63) is 60.7 Å². The van der Waals surface area contributed by atoms with Crippen LogP contribution in [0, 0.1) is 0 Å². The molecular formula is C22H28Cl2O2S2. The molecule has 0 fully saturated rings. The minimum Gasteiger partial charge on any atom is -0.253 e. The van der Waals surface area contributed by atoms with E-state index >= 15 is 0 Å². The van der Waals surface area contributed by atoms with Gasteiger partial charge in [0.05, 0.1) is 21.6 Å². The first-order valence-corrected chi connectivity index (χ1v) is 12.6. The van der Waals surface area contributed by atoms with Crippen molar-refractivity contribution in [2.75, 3.05) is 0 Å². The zero-order valence-electron chi connectivity index (χ0n) is 16.4. The summed E-state index contributed by atoms with van der Waals surface area (Å²) in [6.07, 6.45) is 5.14. The second kappa shape index (κ2) is 10.9. The molecule has 4 unspecified atom stereocenters. The van der Waals surface area contributed by atoms with Crippen molar-refractivity contribution in [3.8, 4) is 0 Å². The number of hydrogen-bond acceptors (Lipinski definition) is 2. The third-order valence-electron chi connectivity index (χ3n) is 4.68. The van der Waals surface area contributed by atoms with Crippen molar-refractivity contribution in [2.24, 2.45) is 0 Å². The summed E-state index contributed by atoms with van der Waals surface area (Å²) in [4.78, 5) is 1.53. The number of unbranched alkanes of at least 4 members (excludes halogenated alkanes) is 3. The average molecular weight is 460 g/mol. The lowest BCUT2D eigenvalue weighted by Gasteiger charge is -2.22. The second-order valence-electron chi connectivity index (χ2n) is 7.28. The molecule has 2 rings (SSSR count). The maximum absolute atomic E-state index is 12.7. The number of rotatable bonds is 11. The third kappa shape index (κ3) is 6.98. The summed E-state index contributed by atoms with van der Waals surface area (Å²) in [5, 5.41) is 0. The largest absolute Gasteiger partial charge is 0.253 e. The molecule has 0 bridgehead atoms. The Morgan fingerprint density at radius 3 is 1.29 bits per heavy atom. The lowest BCUT2D eigenvalue weighted by molar-refractivity contribution is 0.558. The Labute approximate surface area is 183 Å². The quantitative estimate of drug-likeness (QED) is 0.272. The zero-order valence-corrected chi connectivity index (χ0v) is 19.5. The van der Waals surface area contributed by atoms with E-state index in [-0.39, 0.29) is 0 Å². The molecule has 28 heavy (non-hydrogen) atoms. The molecule has 2 aromatic rings. The molecule has 0 N–H and O–H groups in total. The van der Waals surface area contributed by atoms with Gasteiger partial charge in [-0.2, -0.15) is 0 Å². The van der Waals surface area contributed by atoms with Crippen molar-refractivity contribution in [2.45, 2.75) is 70.6 Å². The van der Waals surface area contributed by atoms with Crippen LogP contribution in [-0.4, -0.2) is 16.8 Å². The second-order valence-corrected chi connectivity index (χ2v) is 13.2. The predicted octanol–water partition coefficient (Wildman–Crippen LogP) is 6.85. The molecule has 0 amide bonds. The van der Waals surface area contributed by atoms with Crippen LogP contribution in [0.2, 0.25) is 0 Å². The SMILES string of the molecule is CC(Cl)(CCCCCCC(C)(Cl)S(=O)c1ccccc1)S(=O)c1ccccc1. The lowest BCUT2D eigenvalue weighted by atomic mass is 10.1. The van der Waals surface area contributed by atoms with Crippen LogP contribution in [0.1, 0.15) is 52.4 Å². The van der Waals surface area contributed by atoms with Gasteiger partial charge in [0.25, 0.3) is 0 Å². The summed E-state index contributed by atoms with van der Waals surface area (Å²) in [5.74, 6) is 0.